The van der Waals surface area contributed by atoms with Gasteiger partial charge in [-0.05, 0) is 23.8 Å². The van der Waals surface area contributed by atoms with Gasteiger partial charge in [-0.3, -0.25) is 9.59 Å². The van der Waals surface area contributed by atoms with Crippen LogP contribution in [0, 0.1) is 0 Å². The number of hydrogen-bond acceptors (Lipinski definition) is 5. The predicted molar refractivity (Wildman–Crippen MR) is 79.8 cm³/mol. The van der Waals surface area contributed by atoms with Crippen molar-refractivity contribution >= 4 is 28.9 Å². The van der Waals surface area contributed by atoms with E-state index in [1.165, 1.54) is 26.2 Å². The molecule has 108 valence electrons. The van der Waals surface area contributed by atoms with E-state index in [0.717, 1.165) is 17.3 Å². The first kappa shape index (κ1) is 16.1. The highest BCUT2D eigenvalue weighted by Crippen LogP contribution is 2.26. The van der Waals surface area contributed by atoms with Gasteiger partial charge in [-0.15, -0.1) is 0 Å². The molecule has 1 rings (SSSR count). The number of rotatable bonds is 6. The number of ether oxygens (including phenoxy) is 1. The van der Waals surface area contributed by atoms with Gasteiger partial charge in [-0.1, -0.05) is 23.9 Å². The minimum atomic E-state index is -0.107. The van der Waals surface area contributed by atoms with Crippen molar-refractivity contribution in [2.75, 3.05) is 19.4 Å². The van der Waals surface area contributed by atoms with Gasteiger partial charge in [0.25, 0.3) is 0 Å². The number of aromatic hydroxyl groups is 1. The Hall–Kier alpha value is -1.95. The second-order valence-corrected chi connectivity index (χ2v) is 5.01. The molecule has 0 unspecified atom stereocenters. The summed E-state index contributed by atoms with van der Waals surface area (Å²) in [6.45, 7) is 1.90. The summed E-state index contributed by atoms with van der Waals surface area (Å²) in [7, 11) is 1.46. The Balaban J connectivity index is 2.46. The summed E-state index contributed by atoms with van der Waals surface area (Å²) in [5.74, 6) is 0.838. The van der Waals surface area contributed by atoms with Crippen molar-refractivity contribution in [3.8, 4) is 11.5 Å². The van der Waals surface area contributed by atoms with Gasteiger partial charge in [0, 0.05) is 19.2 Å². The standard InChI is InChI=1S/C14H17NO4S/c1-10(16)15-7-8-20-14(18)6-4-11-3-5-12(17)13(9-11)19-2/h3-6,9,17H,7-8H2,1-2H3,(H,15,16)/b6-4+. The normalized spacial score (nSPS) is 10.5. The number of carbonyl (C=O) groups excluding carboxylic acids is 2. The first-order chi connectivity index (χ1) is 9.52. The molecule has 0 saturated carbocycles. The second-order valence-electron chi connectivity index (χ2n) is 3.92. The molecule has 5 nitrogen and oxygen atoms in total. The van der Waals surface area contributed by atoms with Gasteiger partial charge in [-0.2, -0.15) is 0 Å². The maximum Gasteiger partial charge on any atom is 0.216 e. The average molecular weight is 295 g/mol. The van der Waals surface area contributed by atoms with E-state index in [9.17, 15) is 14.7 Å². The fourth-order valence-electron chi connectivity index (χ4n) is 1.39. The third-order valence-corrected chi connectivity index (χ3v) is 3.16. The molecule has 1 aromatic carbocycles. The Kier molecular flexibility index (Phi) is 6.66. The zero-order valence-electron chi connectivity index (χ0n) is 11.4. The van der Waals surface area contributed by atoms with E-state index in [2.05, 4.69) is 5.32 Å². The first-order valence-corrected chi connectivity index (χ1v) is 6.97. The summed E-state index contributed by atoms with van der Waals surface area (Å²) in [5.41, 5.74) is 0.760. The smallest absolute Gasteiger partial charge is 0.216 e. The van der Waals surface area contributed by atoms with Crippen LogP contribution >= 0.6 is 11.8 Å². The van der Waals surface area contributed by atoms with Crippen molar-refractivity contribution in [2.24, 2.45) is 0 Å². The Morgan fingerprint density at radius 1 is 1.45 bits per heavy atom. The van der Waals surface area contributed by atoms with Crippen molar-refractivity contribution in [2.45, 2.75) is 6.92 Å². The quantitative estimate of drug-likeness (QED) is 0.618. The summed E-state index contributed by atoms with van der Waals surface area (Å²) in [6, 6.07) is 4.83. The maximum atomic E-state index is 11.6. The Bertz CT molecular complexity index is 514. The minimum absolute atomic E-state index is 0.0562. The molecule has 0 fully saturated rings. The first-order valence-electron chi connectivity index (χ1n) is 5.99. The molecular weight excluding hydrogens is 278 g/mol. The van der Waals surface area contributed by atoms with Crippen molar-refractivity contribution in [3.63, 3.8) is 0 Å². The molecule has 0 saturated heterocycles. The molecule has 0 spiro atoms. The lowest BCUT2D eigenvalue weighted by Gasteiger charge is -2.03. The summed E-state index contributed by atoms with van der Waals surface area (Å²) in [5, 5.41) is 12.0. The number of hydrogen-bond donors (Lipinski definition) is 2. The van der Waals surface area contributed by atoms with E-state index in [1.54, 1.807) is 18.2 Å². The molecule has 0 bridgehead atoms. The van der Waals surface area contributed by atoms with E-state index in [0.29, 0.717) is 18.0 Å². The molecule has 0 aliphatic carbocycles. The third kappa shape index (κ3) is 5.79. The van der Waals surface area contributed by atoms with Gasteiger partial charge in [0.2, 0.25) is 11.0 Å². The fourth-order valence-corrected chi connectivity index (χ4v) is 1.96. The lowest BCUT2D eigenvalue weighted by molar-refractivity contribution is -0.118. The van der Waals surface area contributed by atoms with E-state index < -0.39 is 0 Å². The molecule has 0 aromatic heterocycles. The van der Waals surface area contributed by atoms with E-state index in [4.69, 9.17) is 4.74 Å². The minimum Gasteiger partial charge on any atom is -0.504 e. The van der Waals surface area contributed by atoms with Gasteiger partial charge < -0.3 is 15.2 Å². The topological polar surface area (TPSA) is 75.6 Å². The van der Waals surface area contributed by atoms with Crippen LogP contribution in [0.3, 0.4) is 0 Å². The van der Waals surface area contributed by atoms with Crippen molar-refractivity contribution in [3.05, 3.63) is 29.8 Å². The number of amides is 1. The van der Waals surface area contributed by atoms with Crippen LogP contribution in [-0.4, -0.2) is 35.5 Å². The number of phenolic OH excluding ortho intramolecular Hbond substituents is 1. The lowest BCUT2D eigenvalue weighted by Crippen LogP contribution is -2.22. The molecule has 0 aliphatic heterocycles. The summed E-state index contributed by atoms with van der Waals surface area (Å²) >= 11 is 1.13. The highest BCUT2D eigenvalue weighted by molar-refractivity contribution is 8.14. The van der Waals surface area contributed by atoms with Crippen LogP contribution in [0.4, 0.5) is 0 Å². The van der Waals surface area contributed by atoms with Gasteiger partial charge in [0.1, 0.15) is 0 Å². The van der Waals surface area contributed by atoms with Gasteiger partial charge in [-0.25, -0.2) is 0 Å². The molecule has 0 aliphatic rings. The highest BCUT2D eigenvalue weighted by Gasteiger charge is 2.02. The van der Waals surface area contributed by atoms with Crippen LogP contribution in [0.15, 0.2) is 24.3 Å². The summed E-state index contributed by atoms with van der Waals surface area (Å²) in [6.07, 6.45) is 3.10. The average Bonchev–Trinajstić information content (AvgIpc) is 2.42. The lowest BCUT2D eigenvalue weighted by atomic mass is 10.2. The van der Waals surface area contributed by atoms with E-state index in [1.807, 2.05) is 0 Å². The number of thioether (sulfide) groups is 1. The summed E-state index contributed by atoms with van der Waals surface area (Å²) in [4.78, 5) is 22.2. The Morgan fingerprint density at radius 3 is 2.85 bits per heavy atom. The van der Waals surface area contributed by atoms with Crippen LogP contribution in [0.5, 0.6) is 11.5 Å². The fraction of sp³-hybridized carbons (Fsp3) is 0.286. The van der Waals surface area contributed by atoms with Crippen LogP contribution < -0.4 is 10.1 Å². The second kappa shape index (κ2) is 8.27. The monoisotopic (exact) mass is 295 g/mol. The van der Waals surface area contributed by atoms with Crippen LogP contribution in [-0.2, 0) is 9.59 Å². The SMILES string of the molecule is COc1cc(/C=C/C(=O)SCCNC(C)=O)ccc1O. The van der Waals surface area contributed by atoms with Crippen LogP contribution in [0.25, 0.3) is 6.08 Å². The van der Waals surface area contributed by atoms with Gasteiger partial charge in [0.15, 0.2) is 11.5 Å². The molecule has 0 atom stereocenters. The summed E-state index contributed by atoms with van der Waals surface area (Å²) < 4.78 is 4.98. The number of carbonyl (C=O) groups is 2. The predicted octanol–water partition coefficient (Wildman–Crippen LogP) is 1.81. The molecule has 1 amide bonds. The number of phenols is 1. The largest absolute Gasteiger partial charge is 0.504 e. The molecule has 1 aromatic rings. The number of methoxy groups -OCH3 is 1. The molecule has 0 radical (unpaired) electrons. The zero-order chi connectivity index (χ0) is 15.0. The Labute approximate surface area is 122 Å². The van der Waals surface area contributed by atoms with Gasteiger partial charge in [0.05, 0.1) is 7.11 Å². The third-order valence-electron chi connectivity index (χ3n) is 2.34. The molecular formula is C14H17NO4S. The maximum absolute atomic E-state index is 11.6. The zero-order valence-corrected chi connectivity index (χ0v) is 12.2. The van der Waals surface area contributed by atoms with E-state index in [-0.39, 0.29) is 16.8 Å². The van der Waals surface area contributed by atoms with Crippen LogP contribution in [0.1, 0.15) is 12.5 Å². The Morgan fingerprint density at radius 2 is 2.20 bits per heavy atom. The van der Waals surface area contributed by atoms with Gasteiger partial charge >= 0.3 is 0 Å². The van der Waals surface area contributed by atoms with Crippen LogP contribution in [0.2, 0.25) is 0 Å². The number of nitrogens with one attached hydrogen (secondary N) is 1. The van der Waals surface area contributed by atoms with Crippen molar-refractivity contribution in [1.29, 1.82) is 0 Å². The van der Waals surface area contributed by atoms with E-state index >= 15 is 0 Å². The molecule has 2 N–H and O–H groups in total. The highest BCUT2D eigenvalue weighted by atomic mass is 32.2. The molecule has 20 heavy (non-hydrogen) atoms. The molecule has 0 heterocycles. The van der Waals surface area contributed by atoms with Crippen molar-refractivity contribution < 1.29 is 19.4 Å². The number of benzene rings is 1. The van der Waals surface area contributed by atoms with Crippen molar-refractivity contribution in [1.82, 2.24) is 5.32 Å². The molecule has 6 heteroatoms.